The Morgan fingerprint density at radius 2 is 2.00 bits per heavy atom. The van der Waals surface area contributed by atoms with E-state index in [0.717, 1.165) is 12.8 Å². The van der Waals surface area contributed by atoms with Crippen LogP contribution in [0.1, 0.15) is 45.6 Å². The number of hydrogen-bond donors (Lipinski definition) is 1. The van der Waals surface area contributed by atoms with Crippen molar-refractivity contribution in [2.45, 2.75) is 58.2 Å². The van der Waals surface area contributed by atoms with E-state index in [1.807, 2.05) is 20.8 Å². The fourth-order valence-electron chi connectivity index (χ4n) is 2.80. The Balaban J connectivity index is 1.66. The molecule has 1 amide bonds. The minimum Gasteiger partial charge on any atom is -0.505 e. The van der Waals surface area contributed by atoms with E-state index < -0.39 is 11.4 Å². The van der Waals surface area contributed by atoms with Crippen molar-refractivity contribution in [2.75, 3.05) is 19.7 Å². The molecule has 2 rings (SSSR count). The Labute approximate surface area is 148 Å². The molecule has 0 bridgehead atoms. The van der Waals surface area contributed by atoms with Gasteiger partial charge >= 0.3 is 6.09 Å². The molecular formula is C19H28FNO4. The SMILES string of the molecule is CC(C)(C)OC(=O)N1CCC(OCCCc2cccc(O)c2F)CC1. The number of benzene rings is 1. The maximum Gasteiger partial charge on any atom is 0.410 e. The topological polar surface area (TPSA) is 59.0 Å². The highest BCUT2D eigenvalue weighted by atomic mass is 19.1. The summed E-state index contributed by atoms with van der Waals surface area (Å²) in [6.07, 6.45) is 2.61. The van der Waals surface area contributed by atoms with Crippen LogP contribution in [0.15, 0.2) is 18.2 Å². The number of carbonyl (C=O) groups is 1. The van der Waals surface area contributed by atoms with E-state index in [2.05, 4.69) is 0 Å². The summed E-state index contributed by atoms with van der Waals surface area (Å²) in [5.74, 6) is -0.860. The van der Waals surface area contributed by atoms with Crippen molar-refractivity contribution in [3.63, 3.8) is 0 Å². The van der Waals surface area contributed by atoms with Gasteiger partial charge in [-0.05, 0) is 58.1 Å². The number of phenols is 1. The Hall–Kier alpha value is -1.82. The first kappa shape index (κ1) is 19.5. The molecule has 1 N–H and O–H groups in total. The highest BCUT2D eigenvalue weighted by Crippen LogP contribution is 2.21. The summed E-state index contributed by atoms with van der Waals surface area (Å²) >= 11 is 0. The summed E-state index contributed by atoms with van der Waals surface area (Å²) in [4.78, 5) is 13.7. The Bertz CT molecular complexity index is 577. The average molecular weight is 353 g/mol. The number of likely N-dealkylation sites (tertiary alicyclic amines) is 1. The normalized spacial score (nSPS) is 16.1. The predicted octanol–water partition coefficient (Wildman–Crippen LogP) is 3.88. The van der Waals surface area contributed by atoms with E-state index >= 15 is 0 Å². The van der Waals surface area contributed by atoms with Gasteiger partial charge in [0.15, 0.2) is 11.6 Å². The second kappa shape index (κ2) is 8.52. The van der Waals surface area contributed by atoms with Crippen LogP contribution in [0.2, 0.25) is 0 Å². The minimum absolute atomic E-state index is 0.118. The third-order valence-electron chi connectivity index (χ3n) is 4.10. The van der Waals surface area contributed by atoms with E-state index in [0.29, 0.717) is 38.1 Å². The van der Waals surface area contributed by atoms with Crippen LogP contribution in [0.4, 0.5) is 9.18 Å². The highest BCUT2D eigenvalue weighted by molar-refractivity contribution is 5.68. The summed E-state index contributed by atoms with van der Waals surface area (Å²) < 4.78 is 24.9. The van der Waals surface area contributed by atoms with Crippen molar-refractivity contribution in [1.29, 1.82) is 0 Å². The molecule has 0 spiro atoms. The largest absolute Gasteiger partial charge is 0.505 e. The molecule has 0 radical (unpaired) electrons. The zero-order valence-corrected chi connectivity index (χ0v) is 15.3. The Kier molecular flexibility index (Phi) is 6.64. The molecule has 0 saturated carbocycles. The zero-order chi connectivity index (χ0) is 18.4. The molecule has 1 aromatic rings. The van der Waals surface area contributed by atoms with E-state index in [-0.39, 0.29) is 17.9 Å². The van der Waals surface area contributed by atoms with Gasteiger partial charge in [-0.15, -0.1) is 0 Å². The summed E-state index contributed by atoms with van der Waals surface area (Å²) in [6, 6.07) is 4.66. The molecule has 140 valence electrons. The second-order valence-corrected chi connectivity index (χ2v) is 7.39. The predicted molar refractivity (Wildman–Crippen MR) is 93.2 cm³/mol. The number of nitrogens with zero attached hydrogens (tertiary/aromatic N) is 1. The lowest BCUT2D eigenvalue weighted by atomic mass is 10.1. The molecule has 25 heavy (non-hydrogen) atoms. The summed E-state index contributed by atoms with van der Waals surface area (Å²) in [5.41, 5.74) is 0.0225. The zero-order valence-electron chi connectivity index (χ0n) is 15.3. The molecule has 1 saturated heterocycles. The number of amides is 1. The van der Waals surface area contributed by atoms with Gasteiger partial charge in [0, 0.05) is 19.7 Å². The van der Waals surface area contributed by atoms with Gasteiger partial charge in [-0.2, -0.15) is 0 Å². The van der Waals surface area contributed by atoms with Crippen LogP contribution in [0.5, 0.6) is 5.75 Å². The first-order valence-corrected chi connectivity index (χ1v) is 8.82. The number of piperidine rings is 1. The van der Waals surface area contributed by atoms with Gasteiger partial charge < -0.3 is 19.5 Å². The number of aromatic hydroxyl groups is 1. The molecule has 1 aliphatic rings. The van der Waals surface area contributed by atoms with Gasteiger partial charge in [0.05, 0.1) is 6.10 Å². The fourth-order valence-corrected chi connectivity index (χ4v) is 2.80. The maximum atomic E-state index is 13.7. The summed E-state index contributed by atoms with van der Waals surface area (Å²) in [6.45, 7) is 7.36. The number of rotatable bonds is 5. The van der Waals surface area contributed by atoms with Crippen LogP contribution in [-0.4, -0.2) is 47.5 Å². The molecule has 0 aliphatic carbocycles. The molecule has 1 heterocycles. The van der Waals surface area contributed by atoms with Crippen LogP contribution in [0.3, 0.4) is 0 Å². The lowest BCUT2D eigenvalue weighted by Crippen LogP contribution is -2.43. The summed E-state index contributed by atoms with van der Waals surface area (Å²) in [7, 11) is 0. The van der Waals surface area contributed by atoms with Crippen LogP contribution in [-0.2, 0) is 15.9 Å². The molecule has 5 nitrogen and oxygen atoms in total. The summed E-state index contributed by atoms with van der Waals surface area (Å²) in [5, 5.41) is 9.35. The van der Waals surface area contributed by atoms with E-state index in [9.17, 15) is 14.3 Å². The lowest BCUT2D eigenvalue weighted by Gasteiger charge is -2.33. The lowest BCUT2D eigenvalue weighted by molar-refractivity contribution is -0.0117. The first-order valence-electron chi connectivity index (χ1n) is 8.82. The van der Waals surface area contributed by atoms with Crippen LogP contribution in [0, 0.1) is 5.82 Å². The molecule has 6 heteroatoms. The van der Waals surface area contributed by atoms with Gasteiger partial charge in [0.1, 0.15) is 5.60 Å². The van der Waals surface area contributed by atoms with Gasteiger partial charge in [0.2, 0.25) is 0 Å². The third kappa shape index (κ3) is 6.20. The number of hydrogen-bond acceptors (Lipinski definition) is 4. The smallest absolute Gasteiger partial charge is 0.410 e. The minimum atomic E-state index is -0.548. The van der Waals surface area contributed by atoms with Crippen molar-refractivity contribution in [2.24, 2.45) is 0 Å². The van der Waals surface area contributed by atoms with E-state index in [4.69, 9.17) is 9.47 Å². The number of phenolic OH excluding ortho intramolecular Hbond substituents is 1. The van der Waals surface area contributed by atoms with Crippen LogP contribution >= 0.6 is 0 Å². The molecule has 1 aromatic carbocycles. The second-order valence-electron chi connectivity index (χ2n) is 7.39. The monoisotopic (exact) mass is 353 g/mol. The average Bonchev–Trinajstić information content (AvgIpc) is 2.54. The number of halogens is 1. The van der Waals surface area contributed by atoms with Crippen molar-refractivity contribution in [1.82, 2.24) is 4.90 Å². The Morgan fingerprint density at radius 1 is 1.32 bits per heavy atom. The standard InChI is InChI=1S/C19H28FNO4/c1-19(2,3)25-18(23)21-11-9-15(10-12-21)24-13-5-7-14-6-4-8-16(22)17(14)20/h4,6,8,15,22H,5,7,9-13H2,1-3H3. The fraction of sp³-hybridized carbons (Fsp3) is 0.632. The molecular weight excluding hydrogens is 325 g/mol. The van der Waals surface area contributed by atoms with Crippen LogP contribution in [0.25, 0.3) is 0 Å². The van der Waals surface area contributed by atoms with Gasteiger partial charge in [0.25, 0.3) is 0 Å². The van der Waals surface area contributed by atoms with E-state index in [1.165, 1.54) is 6.07 Å². The van der Waals surface area contributed by atoms with Gasteiger partial charge in [-0.1, -0.05) is 12.1 Å². The third-order valence-corrected chi connectivity index (χ3v) is 4.10. The Morgan fingerprint density at radius 3 is 2.64 bits per heavy atom. The number of carbonyl (C=O) groups excluding carboxylic acids is 1. The van der Waals surface area contributed by atoms with Crippen molar-refractivity contribution in [3.8, 4) is 5.75 Å². The maximum absolute atomic E-state index is 13.7. The molecule has 1 aliphatic heterocycles. The van der Waals surface area contributed by atoms with Crippen molar-refractivity contribution >= 4 is 6.09 Å². The van der Waals surface area contributed by atoms with Crippen molar-refractivity contribution in [3.05, 3.63) is 29.6 Å². The molecule has 0 unspecified atom stereocenters. The van der Waals surface area contributed by atoms with Gasteiger partial charge in [-0.25, -0.2) is 9.18 Å². The quantitative estimate of drug-likeness (QED) is 0.816. The number of ether oxygens (including phenoxy) is 2. The molecule has 0 aromatic heterocycles. The molecule has 0 atom stereocenters. The van der Waals surface area contributed by atoms with E-state index in [1.54, 1.807) is 17.0 Å². The van der Waals surface area contributed by atoms with Gasteiger partial charge in [-0.3, -0.25) is 0 Å². The number of aryl methyl sites for hydroxylation is 1. The van der Waals surface area contributed by atoms with Crippen molar-refractivity contribution < 1.29 is 23.8 Å². The molecule has 1 fully saturated rings. The first-order chi connectivity index (χ1) is 11.8. The van der Waals surface area contributed by atoms with Crippen LogP contribution < -0.4 is 0 Å². The highest BCUT2D eigenvalue weighted by Gasteiger charge is 2.27.